The highest BCUT2D eigenvalue weighted by Gasteiger charge is 2.11. The second kappa shape index (κ2) is 10.1. The van der Waals surface area contributed by atoms with E-state index in [1.54, 1.807) is 11.8 Å². The van der Waals surface area contributed by atoms with Crippen molar-refractivity contribution in [1.82, 2.24) is 4.90 Å². The van der Waals surface area contributed by atoms with E-state index in [4.69, 9.17) is 16.9 Å². The fourth-order valence-corrected chi connectivity index (χ4v) is 1.73. The first-order chi connectivity index (χ1) is 7.34. The van der Waals surface area contributed by atoms with Crippen LogP contribution in [0.5, 0.6) is 0 Å². The number of guanidine groups is 1. The molecule has 0 radical (unpaired) electrons. The number of thioether (sulfide) groups is 1. The molecule has 1 rings (SSSR count). The molecule has 4 nitrogen and oxygen atoms in total. The summed E-state index contributed by atoms with van der Waals surface area (Å²) in [6.45, 7) is 3.89. The Morgan fingerprint density at radius 1 is 1.50 bits per heavy atom. The number of nitrogens with zero attached hydrogens (tertiary/aromatic N) is 2. The molecular formula is C10H18IN3OS. The van der Waals surface area contributed by atoms with Crippen LogP contribution < -0.4 is 5.73 Å². The smallest absolute Gasteiger partial charge is 0.191 e. The monoisotopic (exact) mass is 355 g/mol. The standard InChI is InChI=1S/C10H17N3OS.HI/c1-2-8-15-9-3-12-10(11)13-4-6-14-7-5-13;/h1H,3-9H2,(H2,11,12);1H. The summed E-state index contributed by atoms with van der Waals surface area (Å²) in [6.07, 6.45) is 5.13. The SMILES string of the molecule is C#CCSCCN=C(N)N1CCOCC1.I. The van der Waals surface area contributed by atoms with Crippen LogP contribution >= 0.6 is 35.7 Å². The van der Waals surface area contributed by atoms with Crippen LogP contribution in [-0.4, -0.2) is 55.2 Å². The van der Waals surface area contributed by atoms with Crippen LogP contribution in [0.4, 0.5) is 0 Å². The molecule has 0 spiro atoms. The number of ether oxygens (including phenoxy) is 1. The molecule has 0 unspecified atom stereocenters. The lowest BCUT2D eigenvalue weighted by atomic mass is 10.4. The van der Waals surface area contributed by atoms with Gasteiger partial charge in [-0.15, -0.1) is 42.2 Å². The topological polar surface area (TPSA) is 50.8 Å². The fourth-order valence-electron chi connectivity index (χ4n) is 1.25. The zero-order chi connectivity index (χ0) is 10.9. The summed E-state index contributed by atoms with van der Waals surface area (Å²) in [5.41, 5.74) is 5.83. The molecule has 0 aromatic heterocycles. The Morgan fingerprint density at radius 2 is 2.19 bits per heavy atom. The number of halogens is 1. The second-order valence-corrected chi connectivity index (χ2v) is 4.20. The number of morpholine rings is 1. The summed E-state index contributed by atoms with van der Waals surface area (Å²) in [7, 11) is 0. The molecule has 1 fully saturated rings. The first-order valence-corrected chi connectivity index (χ1v) is 6.14. The third-order valence-electron chi connectivity index (χ3n) is 2.03. The van der Waals surface area contributed by atoms with E-state index in [1.165, 1.54) is 0 Å². The summed E-state index contributed by atoms with van der Waals surface area (Å²) in [5.74, 6) is 4.87. The zero-order valence-electron chi connectivity index (χ0n) is 9.22. The Kier molecular flexibility index (Phi) is 9.97. The first kappa shape index (κ1) is 15.9. The van der Waals surface area contributed by atoms with Crippen LogP contribution in [0.25, 0.3) is 0 Å². The zero-order valence-corrected chi connectivity index (χ0v) is 12.4. The number of hydrogen-bond donors (Lipinski definition) is 1. The molecule has 1 aliphatic heterocycles. The highest BCUT2D eigenvalue weighted by molar-refractivity contribution is 14.0. The van der Waals surface area contributed by atoms with E-state index in [2.05, 4.69) is 15.8 Å². The Morgan fingerprint density at radius 3 is 2.81 bits per heavy atom. The van der Waals surface area contributed by atoms with E-state index in [-0.39, 0.29) is 24.0 Å². The van der Waals surface area contributed by atoms with Crippen molar-refractivity contribution < 1.29 is 4.74 Å². The molecule has 1 aliphatic rings. The molecule has 0 saturated carbocycles. The lowest BCUT2D eigenvalue weighted by Gasteiger charge is -2.27. The van der Waals surface area contributed by atoms with Gasteiger partial charge in [-0.25, -0.2) is 0 Å². The second-order valence-electron chi connectivity index (χ2n) is 3.10. The maximum Gasteiger partial charge on any atom is 0.191 e. The normalized spacial score (nSPS) is 16.4. The maximum atomic E-state index is 5.83. The third-order valence-corrected chi connectivity index (χ3v) is 2.87. The Balaban J connectivity index is 0.00000225. The van der Waals surface area contributed by atoms with Gasteiger partial charge in [0.15, 0.2) is 5.96 Å². The summed E-state index contributed by atoms with van der Waals surface area (Å²) in [4.78, 5) is 6.35. The van der Waals surface area contributed by atoms with Crippen LogP contribution in [0, 0.1) is 12.3 Å². The Bertz CT molecular complexity index is 249. The predicted molar refractivity (Wildman–Crippen MR) is 80.5 cm³/mol. The maximum absolute atomic E-state index is 5.83. The van der Waals surface area contributed by atoms with Crippen LogP contribution in [0.1, 0.15) is 0 Å². The van der Waals surface area contributed by atoms with Crippen molar-refractivity contribution in [3.63, 3.8) is 0 Å². The molecular weight excluding hydrogens is 337 g/mol. The molecule has 0 amide bonds. The number of rotatable bonds is 4. The lowest BCUT2D eigenvalue weighted by molar-refractivity contribution is 0.0674. The van der Waals surface area contributed by atoms with Gasteiger partial charge in [-0.3, -0.25) is 4.99 Å². The minimum absolute atomic E-state index is 0. The largest absolute Gasteiger partial charge is 0.378 e. The molecule has 6 heteroatoms. The molecule has 92 valence electrons. The summed E-state index contributed by atoms with van der Waals surface area (Å²) < 4.78 is 5.23. The molecule has 2 N–H and O–H groups in total. The van der Waals surface area contributed by atoms with Gasteiger partial charge in [0.25, 0.3) is 0 Å². The molecule has 1 heterocycles. The van der Waals surface area contributed by atoms with E-state index in [0.717, 1.165) is 44.4 Å². The van der Waals surface area contributed by atoms with E-state index < -0.39 is 0 Å². The van der Waals surface area contributed by atoms with Gasteiger partial charge >= 0.3 is 0 Å². The highest BCUT2D eigenvalue weighted by Crippen LogP contribution is 1.99. The van der Waals surface area contributed by atoms with Crippen LogP contribution in [0.15, 0.2) is 4.99 Å². The molecule has 1 saturated heterocycles. The quantitative estimate of drug-likeness (QED) is 0.264. The first-order valence-electron chi connectivity index (χ1n) is 4.98. The van der Waals surface area contributed by atoms with E-state index in [9.17, 15) is 0 Å². The molecule has 16 heavy (non-hydrogen) atoms. The van der Waals surface area contributed by atoms with Gasteiger partial charge in [-0.05, 0) is 0 Å². The lowest BCUT2D eigenvalue weighted by Crippen LogP contribution is -2.44. The van der Waals surface area contributed by atoms with Gasteiger partial charge in [0.2, 0.25) is 0 Å². The number of nitrogens with two attached hydrogens (primary N) is 1. The van der Waals surface area contributed by atoms with E-state index in [0.29, 0.717) is 5.96 Å². The van der Waals surface area contributed by atoms with Crippen molar-refractivity contribution in [1.29, 1.82) is 0 Å². The van der Waals surface area contributed by atoms with Crippen molar-refractivity contribution in [3.05, 3.63) is 0 Å². The van der Waals surface area contributed by atoms with E-state index >= 15 is 0 Å². The van der Waals surface area contributed by atoms with E-state index in [1.807, 2.05) is 0 Å². The Labute approximate surface area is 118 Å². The van der Waals surface area contributed by atoms with Gasteiger partial charge in [-0.1, -0.05) is 5.92 Å². The molecule has 0 bridgehead atoms. The van der Waals surface area contributed by atoms with Crippen molar-refractivity contribution in [3.8, 4) is 12.3 Å². The van der Waals surface area contributed by atoms with Crippen LogP contribution in [0.2, 0.25) is 0 Å². The summed E-state index contributed by atoms with van der Waals surface area (Å²) in [5, 5.41) is 0. The van der Waals surface area contributed by atoms with Gasteiger partial charge < -0.3 is 15.4 Å². The third kappa shape index (κ3) is 6.45. The minimum Gasteiger partial charge on any atom is -0.378 e. The molecule has 0 atom stereocenters. The Hall–Kier alpha value is -0.130. The number of terminal acetylenes is 1. The van der Waals surface area contributed by atoms with Crippen LogP contribution in [-0.2, 0) is 4.74 Å². The predicted octanol–water partition coefficient (Wildman–Crippen LogP) is 0.618. The van der Waals surface area contributed by atoms with Crippen molar-refractivity contribution in [2.45, 2.75) is 0 Å². The van der Waals surface area contributed by atoms with Crippen molar-refractivity contribution >= 4 is 41.7 Å². The molecule has 0 aliphatic carbocycles. The van der Waals surface area contributed by atoms with Crippen LogP contribution in [0.3, 0.4) is 0 Å². The molecule has 0 aromatic rings. The minimum atomic E-state index is 0. The fraction of sp³-hybridized carbons (Fsp3) is 0.700. The van der Waals surface area contributed by atoms with Crippen molar-refractivity contribution in [2.75, 3.05) is 44.4 Å². The number of aliphatic imine (C=N–C) groups is 1. The average Bonchev–Trinajstić information content (AvgIpc) is 2.30. The highest BCUT2D eigenvalue weighted by atomic mass is 127. The summed E-state index contributed by atoms with van der Waals surface area (Å²) >= 11 is 1.70. The van der Waals surface area contributed by atoms with Gasteiger partial charge in [-0.2, -0.15) is 0 Å². The number of hydrogen-bond acceptors (Lipinski definition) is 3. The molecule has 0 aromatic carbocycles. The average molecular weight is 355 g/mol. The summed E-state index contributed by atoms with van der Waals surface area (Å²) in [6, 6.07) is 0. The van der Waals surface area contributed by atoms with Crippen molar-refractivity contribution in [2.24, 2.45) is 10.7 Å². The van der Waals surface area contributed by atoms with Gasteiger partial charge in [0, 0.05) is 18.8 Å². The van der Waals surface area contributed by atoms with Gasteiger partial charge in [0.1, 0.15) is 0 Å². The van der Waals surface area contributed by atoms with Gasteiger partial charge in [0.05, 0.1) is 25.5 Å².